The van der Waals surface area contributed by atoms with Crippen molar-refractivity contribution >= 4 is 18.0 Å². The van der Waals surface area contributed by atoms with E-state index < -0.39 is 24.6 Å². The normalized spacial score (nSPS) is 11.5. The van der Waals surface area contributed by atoms with Crippen molar-refractivity contribution in [2.24, 2.45) is 0 Å². The van der Waals surface area contributed by atoms with Crippen LogP contribution in [0.3, 0.4) is 0 Å². The van der Waals surface area contributed by atoms with Gasteiger partial charge in [0.05, 0.1) is 0 Å². The lowest BCUT2D eigenvalue weighted by Gasteiger charge is -2.09. The number of amides is 1. The van der Waals surface area contributed by atoms with E-state index in [1.54, 1.807) is 5.32 Å². The van der Waals surface area contributed by atoms with Crippen LogP contribution in [0.4, 0.5) is 13.2 Å². The Bertz CT molecular complexity index is 512. The van der Waals surface area contributed by atoms with Crippen molar-refractivity contribution in [3.63, 3.8) is 0 Å². The molecule has 1 rings (SSSR count). The molecule has 0 saturated heterocycles. The first-order chi connectivity index (χ1) is 8.79. The van der Waals surface area contributed by atoms with Crippen molar-refractivity contribution in [3.05, 3.63) is 35.7 Å². The second-order valence-electron chi connectivity index (χ2n) is 3.41. The van der Waals surface area contributed by atoms with E-state index in [4.69, 9.17) is 5.11 Å². The van der Waals surface area contributed by atoms with Crippen molar-refractivity contribution in [2.75, 3.05) is 6.54 Å². The van der Waals surface area contributed by atoms with Gasteiger partial charge in [-0.25, -0.2) is 4.79 Å². The average Bonchev–Trinajstić information content (AvgIpc) is 2.33. The molecule has 0 unspecified atom stereocenters. The molecule has 1 amide bonds. The quantitative estimate of drug-likeness (QED) is 0.815. The highest BCUT2D eigenvalue weighted by Crippen LogP contribution is 2.13. The van der Waals surface area contributed by atoms with Gasteiger partial charge in [0, 0.05) is 17.8 Å². The van der Waals surface area contributed by atoms with Crippen molar-refractivity contribution in [3.8, 4) is 0 Å². The van der Waals surface area contributed by atoms with Crippen molar-refractivity contribution in [1.82, 2.24) is 10.3 Å². The number of carboxylic acids is 1. The molecular weight excluding hydrogens is 265 g/mol. The number of aliphatic carboxylic acids is 1. The van der Waals surface area contributed by atoms with Gasteiger partial charge in [-0.2, -0.15) is 13.2 Å². The predicted molar refractivity (Wildman–Crippen MR) is 59.3 cm³/mol. The van der Waals surface area contributed by atoms with E-state index in [2.05, 4.69) is 4.98 Å². The van der Waals surface area contributed by atoms with E-state index in [0.717, 1.165) is 12.2 Å². The molecule has 5 nitrogen and oxygen atoms in total. The summed E-state index contributed by atoms with van der Waals surface area (Å²) >= 11 is 0. The van der Waals surface area contributed by atoms with E-state index in [9.17, 15) is 22.8 Å². The fourth-order valence-electron chi connectivity index (χ4n) is 1.17. The van der Waals surface area contributed by atoms with Gasteiger partial charge in [-0.3, -0.25) is 9.78 Å². The van der Waals surface area contributed by atoms with Crippen LogP contribution >= 0.6 is 0 Å². The lowest BCUT2D eigenvalue weighted by Crippen LogP contribution is -2.34. The van der Waals surface area contributed by atoms with Crippen LogP contribution in [-0.2, 0) is 4.79 Å². The van der Waals surface area contributed by atoms with Crippen molar-refractivity contribution in [2.45, 2.75) is 6.18 Å². The first kappa shape index (κ1) is 14.7. The summed E-state index contributed by atoms with van der Waals surface area (Å²) in [5.41, 5.74) is -0.158. The molecule has 19 heavy (non-hydrogen) atoms. The molecule has 1 aromatic rings. The Morgan fingerprint density at radius 1 is 1.42 bits per heavy atom. The Kier molecular flexibility index (Phi) is 4.62. The Balaban J connectivity index is 2.88. The first-order valence-corrected chi connectivity index (χ1v) is 5.00. The minimum Gasteiger partial charge on any atom is -0.478 e. The van der Waals surface area contributed by atoms with Crippen LogP contribution in [0, 0.1) is 0 Å². The zero-order chi connectivity index (χ0) is 14.5. The summed E-state index contributed by atoms with van der Waals surface area (Å²) in [6, 6.07) is 2.80. The van der Waals surface area contributed by atoms with Gasteiger partial charge in [0.1, 0.15) is 12.2 Å². The third-order valence-electron chi connectivity index (χ3n) is 1.91. The number of nitrogens with one attached hydrogen (secondary N) is 1. The van der Waals surface area contributed by atoms with Crippen LogP contribution in [-0.4, -0.2) is 34.7 Å². The number of pyridine rings is 1. The zero-order valence-electron chi connectivity index (χ0n) is 9.44. The van der Waals surface area contributed by atoms with Gasteiger partial charge in [0.15, 0.2) is 0 Å². The van der Waals surface area contributed by atoms with Crippen LogP contribution < -0.4 is 5.32 Å². The standard InChI is InChI=1S/C11H9F3N2O3/c12-11(13,14)6-16-10(19)9-7(2-1-5-15-9)3-4-8(17)18/h1-5H,6H2,(H,16,19)(H,17,18)/b4-3+. The van der Waals surface area contributed by atoms with Crippen LogP contribution in [0.2, 0.25) is 0 Å². The lowest BCUT2D eigenvalue weighted by atomic mass is 10.1. The number of rotatable bonds is 4. The smallest absolute Gasteiger partial charge is 0.405 e. The van der Waals surface area contributed by atoms with Crippen LogP contribution in [0.5, 0.6) is 0 Å². The number of hydrogen-bond donors (Lipinski definition) is 2. The Morgan fingerprint density at radius 2 is 2.11 bits per heavy atom. The number of carbonyl (C=O) groups excluding carboxylic acids is 1. The summed E-state index contributed by atoms with van der Waals surface area (Å²) in [4.78, 5) is 25.5. The van der Waals surface area contributed by atoms with Crippen LogP contribution in [0.1, 0.15) is 16.1 Å². The molecule has 0 bridgehead atoms. The molecule has 1 heterocycles. The molecule has 0 aromatic carbocycles. The Hall–Kier alpha value is -2.38. The second-order valence-corrected chi connectivity index (χ2v) is 3.41. The molecule has 0 radical (unpaired) electrons. The molecule has 2 N–H and O–H groups in total. The highest BCUT2D eigenvalue weighted by Gasteiger charge is 2.28. The third-order valence-corrected chi connectivity index (χ3v) is 1.91. The molecule has 0 aliphatic rings. The average molecular weight is 274 g/mol. The van der Waals surface area contributed by atoms with Gasteiger partial charge in [-0.1, -0.05) is 6.07 Å². The molecule has 8 heteroatoms. The van der Waals surface area contributed by atoms with E-state index in [0.29, 0.717) is 0 Å². The number of alkyl halides is 3. The number of aromatic nitrogens is 1. The van der Waals surface area contributed by atoms with E-state index in [1.165, 1.54) is 18.3 Å². The number of carbonyl (C=O) groups is 2. The Morgan fingerprint density at radius 3 is 2.68 bits per heavy atom. The maximum Gasteiger partial charge on any atom is 0.405 e. The maximum absolute atomic E-state index is 12.0. The fourth-order valence-corrected chi connectivity index (χ4v) is 1.17. The zero-order valence-corrected chi connectivity index (χ0v) is 9.44. The molecule has 102 valence electrons. The second kappa shape index (κ2) is 5.98. The highest BCUT2D eigenvalue weighted by atomic mass is 19.4. The summed E-state index contributed by atoms with van der Waals surface area (Å²) in [5.74, 6) is -2.27. The highest BCUT2D eigenvalue weighted by molar-refractivity contribution is 5.97. The summed E-state index contributed by atoms with van der Waals surface area (Å²) in [6.45, 7) is -1.48. The SMILES string of the molecule is O=C(O)/C=C/c1cccnc1C(=O)NCC(F)(F)F. The predicted octanol–water partition coefficient (Wildman–Crippen LogP) is 1.47. The molecule has 1 aromatic heterocycles. The number of nitrogens with zero attached hydrogens (tertiary/aromatic N) is 1. The summed E-state index contributed by atoms with van der Waals surface area (Å²) in [5, 5.41) is 10.1. The summed E-state index contributed by atoms with van der Waals surface area (Å²) in [6.07, 6.45) is -1.46. The van der Waals surface area contributed by atoms with Crippen molar-refractivity contribution < 1.29 is 27.9 Å². The molecule has 0 atom stereocenters. The van der Waals surface area contributed by atoms with E-state index in [-0.39, 0.29) is 11.3 Å². The number of hydrogen-bond acceptors (Lipinski definition) is 3. The third kappa shape index (κ3) is 5.19. The van der Waals surface area contributed by atoms with Crippen LogP contribution in [0.25, 0.3) is 6.08 Å². The van der Waals surface area contributed by atoms with Gasteiger partial charge in [-0.15, -0.1) is 0 Å². The molecule has 0 aliphatic heterocycles. The maximum atomic E-state index is 12.0. The summed E-state index contributed by atoms with van der Waals surface area (Å²) < 4.78 is 35.9. The van der Waals surface area contributed by atoms with Gasteiger partial charge < -0.3 is 10.4 Å². The molecule has 0 spiro atoms. The van der Waals surface area contributed by atoms with Gasteiger partial charge in [-0.05, 0) is 12.1 Å². The monoisotopic (exact) mass is 274 g/mol. The van der Waals surface area contributed by atoms with Crippen LogP contribution in [0.15, 0.2) is 24.4 Å². The minimum absolute atomic E-state index is 0.115. The van der Waals surface area contributed by atoms with Gasteiger partial charge >= 0.3 is 12.1 Å². The molecule has 0 aliphatic carbocycles. The number of carboxylic acid groups (broad SMARTS) is 1. The molecular formula is C11H9F3N2O3. The fraction of sp³-hybridized carbons (Fsp3) is 0.182. The lowest BCUT2D eigenvalue weighted by molar-refractivity contribution is -0.131. The van der Waals surface area contributed by atoms with E-state index in [1.807, 2.05) is 0 Å². The van der Waals surface area contributed by atoms with Gasteiger partial charge in [0.25, 0.3) is 5.91 Å². The topological polar surface area (TPSA) is 79.3 Å². The van der Waals surface area contributed by atoms with E-state index >= 15 is 0 Å². The van der Waals surface area contributed by atoms with Crippen molar-refractivity contribution in [1.29, 1.82) is 0 Å². The number of halogens is 3. The minimum atomic E-state index is -4.53. The molecule has 0 saturated carbocycles. The largest absolute Gasteiger partial charge is 0.478 e. The van der Waals surface area contributed by atoms with Gasteiger partial charge in [0.2, 0.25) is 0 Å². The molecule has 0 fully saturated rings. The summed E-state index contributed by atoms with van der Waals surface area (Å²) in [7, 11) is 0. The first-order valence-electron chi connectivity index (χ1n) is 5.00. The Labute approximate surface area is 105 Å².